The van der Waals surface area contributed by atoms with Crippen LogP contribution in [0.4, 0.5) is 23.5 Å². The van der Waals surface area contributed by atoms with Crippen molar-refractivity contribution < 1.29 is 14.4 Å². The van der Waals surface area contributed by atoms with Crippen LogP contribution in [0.3, 0.4) is 0 Å². The van der Waals surface area contributed by atoms with E-state index in [2.05, 4.69) is 40.4 Å². The third kappa shape index (κ3) is 7.70. The number of aromatic nitrogens is 4. The molecule has 6 heterocycles. The van der Waals surface area contributed by atoms with Gasteiger partial charge in [-0.1, -0.05) is 0 Å². The second kappa shape index (κ2) is 15.3. The van der Waals surface area contributed by atoms with Crippen molar-refractivity contribution in [3.8, 4) is 0 Å². The van der Waals surface area contributed by atoms with E-state index in [1.807, 2.05) is 50.6 Å². The molecule has 6 rings (SSSR count). The average molecular weight is 717 g/mol. The average Bonchev–Trinajstić information content (AvgIpc) is 3.75. The van der Waals surface area contributed by atoms with Gasteiger partial charge in [-0.15, -0.1) is 22.7 Å². The first-order chi connectivity index (χ1) is 24.0. The summed E-state index contributed by atoms with van der Waals surface area (Å²) in [7, 11) is 0. The van der Waals surface area contributed by atoms with Gasteiger partial charge in [-0.3, -0.25) is 24.2 Å². The molecule has 13 nitrogen and oxygen atoms in total. The van der Waals surface area contributed by atoms with Crippen LogP contribution >= 0.6 is 22.7 Å². The topological polar surface area (TPSA) is 185 Å². The minimum atomic E-state index is -0.199. The highest BCUT2D eigenvalue weighted by molar-refractivity contribution is 7.12. The van der Waals surface area contributed by atoms with Crippen LogP contribution in [-0.2, 0) is 4.79 Å². The van der Waals surface area contributed by atoms with Crippen molar-refractivity contribution in [3.63, 3.8) is 0 Å². The maximum atomic E-state index is 13.6. The molecule has 264 valence electrons. The fourth-order valence-electron chi connectivity index (χ4n) is 6.67. The molecular weight excluding hydrogens is 673 g/mol. The molecular formula is C35H44N10O3S2. The SMILES string of the molecule is Cc1ccsc1C(=O)c1cnc(NC2CCN(C(C)C(=O)C(C)N3CCC(Nc4ncc(C(=O)c5sccc5C)c(N)n4)CC3)CC2)nc1N. The molecule has 4 aromatic heterocycles. The monoisotopic (exact) mass is 716 g/mol. The number of carbonyl (C=O) groups excluding carboxylic acids is 3. The van der Waals surface area contributed by atoms with Crippen LogP contribution in [0.2, 0.25) is 0 Å². The fraction of sp³-hybridized carbons (Fsp3) is 0.457. The van der Waals surface area contributed by atoms with Crippen LogP contribution in [-0.4, -0.2) is 97.4 Å². The summed E-state index contributed by atoms with van der Waals surface area (Å²) in [6.45, 7) is 10.9. The van der Waals surface area contributed by atoms with Gasteiger partial charge < -0.3 is 22.1 Å². The lowest BCUT2D eigenvalue weighted by Gasteiger charge is -2.40. The Labute approximate surface area is 299 Å². The van der Waals surface area contributed by atoms with Crippen LogP contribution in [0.1, 0.15) is 81.1 Å². The molecule has 2 atom stereocenters. The number of anilines is 4. The lowest BCUT2D eigenvalue weighted by atomic mass is 9.97. The highest BCUT2D eigenvalue weighted by Crippen LogP contribution is 2.26. The van der Waals surface area contributed by atoms with E-state index in [-0.39, 0.29) is 53.2 Å². The number of nitrogen functional groups attached to an aromatic ring is 2. The van der Waals surface area contributed by atoms with Crippen LogP contribution < -0.4 is 22.1 Å². The molecule has 0 saturated carbocycles. The Bertz CT molecular complexity index is 1730. The van der Waals surface area contributed by atoms with Crippen LogP contribution in [0, 0.1) is 13.8 Å². The first kappa shape index (κ1) is 35.5. The van der Waals surface area contributed by atoms with E-state index >= 15 is 0 Å². The van der Waals surface area contributed by atoms with E-state index in [1.165, 1.54) is 35.1 Å². The van der Waals surface area contributed by atoms with Gasteiger partial charge in [0.05, 0.1) is 33.0 Å². The van der Waals surface area contributed by atoms with Crippen molar-refractivity contribution in [2.24, 2.45) is 0 Å². The number of nitrogens with two attached hydrogens (primary N) is 2. The number of piperidine rings is 2. The van der Waals surface area contributed by atoms with E-state index in [0.717, 1.165) is 63.0 Å². The zero-order chi connectivity index (χ0) is 35.5. The van der Waals surface area contributed by atoms with Crippen molar-refractivity contribution >= 4 is 63.6 Å². The van der Waals surface area contributed by atoms with E-state index in [4.69, 9.17) is 11.5 Å². The number of carbonyl (C=O) groups is 3. The van der Waals surface area contributed by atoms with Crippen LogP contribution in [0.5, 0.6) is 0 Å². The molecule has 0 spiro atoms. The molecule has 6 N–H and O–H groups in total. The molecule has 0 radical (unpaired) electrons. The normalized spacial score (nSPS) is 17.7. The van der Waals surface area contributed by atoms with Gasteiger partial charge in [-0.25, -0.2) is 9.97 Å². The van der Waals surface area contributed by atoms with Gasteiger partial charge in [0.25, 0.3) is 0 Å². The number of hydrogen-bond acceptors (Lipinski definition) is 15. The van der Waals surface area contributed by atoms with E-state index in [0.29, 0.717) is 32.8 Å². The highest BCUT2D eigenvalue weighted by atomic mass is 32.1. The molecule has 0 aliphatic carbocycles. The predicted molar refractivity (Wildman–Crippen MR) is 198 cm³/mol. The second-order valence-corrected chi connectivity index (χ2v) is 15.0. The maximum absolute atomic E-state index is 13.6. The number of nitrogens with zero attached hydrogens (tertiary/aromatic N) is 6. The second-order valence-electron chi connectivity index (χ2n) is 13.2. The zero-order valence-electron chi connectivity index (χ0n) is 28.8. The summed E-state index contributed by atoms with van der Waals surface area (Å²) >= 11 is 2.77. The number of rotatable bonds is 12. The van der Waals surface area contributed by atoms with E-state index < -0.39 is 0 Å². The van der Waals surface area contributed by atoms with Crippen molar-refractivity contribution in [1.29, 1.82) is 0 Å². The molecule has 2 saturated heterocycles. The van der Waals surface area contributed by atoms with Gasteiger partial charge in [0.15, 0.2) is 5.78 Å². The standard InChI is InChI=1S/C35H44N10O3S2/c1-19-9-15-49-30(19)28(47)25-17-38-34(42-32(25)36)40-23-5-11-44(12-6-23)21(3)27(46)22(4)45-13-7-24(8-14-45)41-35-39-18-26(33(37)43-35)29(48)31-20(2)10-16-50-31/h9-10,15-18,21-24H,5-8,11-14H2,1-4H3,(H3,36,38,40,42)(H3,37,39,41,43). The third-order valence-electron chi connectivity index (χ3n) is 9.91. The Morgan fingerprint density at radius 1 is 0.720 bits per heavy atom. The number of likely N-dealkylation sites (tertiary alicyclic amines) is 2. The Balaban J connectivity index is 0.946. The fourth-order valence-corrected chi connectivity index (χ4v) is 8.43. The molecule has 2 aliphatic heterocycles. The molecule has 2 aliphatic rings. The van der Waals surface area contributed by atoms with Gasteiger partial charge >= 0.3 is 0 Å². The lowest BCUT2D eigenvalue weighted by molar-refractivity contribution is -0.129. The molecule has 50 heavy (non-hydrogen) atoms. The highest BCUT2D eigenvalue weighted by Gasteiger charge is 2.33. The summed E-state index contributed by atoms with van der Waals surface area (Å²) in [5.74, 6) is 1.03. The molecule has 2 unspecified atom stereocenters. The van der Waals surface area contributed by atoms with Gasteiger partial charge in [-0.2, -0.15) is 9.97 Å². The first-order valence-electron chi connectivity index (χ1n) is 17.0. The lowest BCUT2D eigenvalue weighted by Crippen LogP contribution is -2.54. The number of ketones is 3. The van der Waals surface area contributed by atoms with E-state index in [1.54, 1.807) is 0 Å². The number of thiophene rings is 2. The number of aryl methyl sites for hydroxylation is 2. The Hall–Kier alpha value is -4.31. The van der Waals surface area contributed by atoms with Gasteiger partial charge in [0.2, 0.25) is 23.5 Å². The van der Waals surface area contributed by atoms with Gasteiger partial charge in [-0.05, 0) is 87.4 Å². The maximum Gasteiger partial charge on any atom is 0.224 e. The summed E-state index contributed by atoms with van der Waals surface area (Å²) < 4.78 is 0. The summed E-state index contributed by atoms with van der Waals surface area (Å²) in [5, 5.41) is 10.5. The molecule has 2 fully saturated rings. The molecule has 15 heteroatoms. The van der Waals surface area contributed by atoms with Crippen LogP contribution in [0.25, 0.3) is 0 Å². The van der Waals surface area contributed by atoms with Crippen molar-refractivity contribution in [2.45, 2.75) is 77.5 Å². The largest absolute Gasteiger partial charge is 0.383 e. The number of hydrogen-bond donors (Lipinski definition) is 4. The van der Waals surface area contributed by atoms with Crippen molar-refractivity contribution in [3.05, 3.63) is 67.3 Å². The van der Waals surface area contributed by atoms with Gasteiger partial charge in [0.1, 0.15) is 11.6 Å². The number of nitrogens with one attached hydrogen (secondary N) is 2. The molecule has 0 amide bonds. The van der Waals surface area contributed by atoms with Gasteiger partial charge in [0, 0.05) is 50.7 Å². The minimum absolute atomic E-state index is 0.138. The Morgan fingerprint density at radius 2 is 1.10 bits per heavy atom. The van der Waals surface area contributed by atoms with Crippen LogP contribution in [0.15, 0.2) is 35.3 Å². The summed E-state index contributed by atoms with van der Waals surface area (Å²) in [6, 6.07) is 3.69. The minimum Gasteiger partial charge on any atom is -0.383 e. The summed E-state index contributed by atoms with van der Waals surface area (Å²) in [5.41, 5.74) is 14.8. The van der Waals surface area contributed by atoms with E-state index in [9.17, 15) is 14.4 Å². The van der Waals surface area contributed by atoms with Crippen molar-refractivity contribution in [1.82, 2.24) is 29.7 Å². The molecule has 4 aromatic rings. The smallest absolute Gasteiger partial charge is 0.224 e. The quantitative estimate of drug-likeness (QED) is 0.151. The summed E-state index contributed by atoms with van der Waals surface area (Å²) in [6.07, 6.45) is 6.32. The third-order valence-corrected chi connectivity index (χ3v) is 11.9. The molecule has 0 bridgehead atoms. The van der Waals surface area contributed by atoms with Crippen molar-refractivity contribution in [2.75, 3.05) is 48.3 Å². The first-order valence-corrected chi connectivity index (χ1v) is 18.7. The Kier molecular flexibility index (Phi) is 10.9. The molecule has 0 aromatic carbocycles. The predicted octanol–water partition coefficient (Wildman–Crippen LogP) is 4.43. The summed E-state index contributed by atoms with van der Waals surface area (Å²) in [4.78, 5) is 62.7. The zero-order valence-corrected chi connectivity index (χ0v) is 30.4. The number of Topliss-reactive ketones (excluding diaryl/α,β-unsaturated/α-hetero) is 1. The Morgan fingerprint density at radius 3 is 1.42 bits per heavy atom.